The number of carbonyl (C=O) groups excluding carboxylic acids is 1. The Morgan fingerprint density at radius 3 is 2.90 bits per heavy atom. The van der Waals surface area contributed by atoms with E-state index in [0.717, 1.165) is 34.1 Å². The van der Waals surface area contributed by atoms with Crippen molar-refractivity contribution in [1.29, 1.82) is 0 Å². The summed E-state index contributed by atoms with van der Waals surface area (Å²) in [5.74, 6) is -0.0118. The Morgan fingerprint density at radius 1 is 1.52 bits per heavy atom. The Balaban J connectivity index is 0.00000220. The highest BCUT2D eigenvalue weighted by molar-refractivity contribution is 14.1. The topological polar surface area (TPSA) is 50.4 Å². The summed E-state index contributed by atoms with van der Waals surface area (Å²) in [5, 5.41) is 6.51. The van der Waals surface area contributed by atoms with E-state index in [1.165, 1.54) is 0 Å². The molecule has 1 amide bonds. The summed E-state index contributed by atoms with van der Waals surface area (Å²) in [6, 6.07) is 5.81. The summed E-state index contributed by atoms with van der Waals surface area (Å²) in [7, 11) is 1.70. The molecule has 1 fully saturated rings. The molecule has 0 bridgehead atoms. The van der Waals surface area contributed by atoms with Crippen molar-refractivity contribution in [2.24, 2.45) is 0 Å². The second-order valence-electron chi connectivity index (χ2n) is 5.36. The molecule has 21 heavy (non-hydrogen) atoms. The molecule has 0 aromatic heterocycles. The van der Waals surface area contributed by atoms with E-state index in [0.29, 0.717) is 13.2 Å². The predicted molar refractivity (Wildman–Crippen MR) is 95.3 cm³/mol. The van der Waals surface area contributed by atoms with Gasteiger partial charge in [0.15, 0.2) is 0 Å². The second kappa shape index (κ2) is 8.31. The largest absolute Gasteiger partial charge is 0.383 e. The van der Waals surface area contributed by atoms with Crippen molar-refractivity contribution < 1.29 is 9.53 Å². The van der Waals surface area contributed by atoms with Crippen LogP contribution >= 0.6 is 35.0 Å². The number of ether oxygens (including phenoxy) is 1. The summed E-state index contributed by atoms with van der Waals surface area (Å²) >= 11 is 2.23. The van der Waals surface area contributed by atoms with E-state index in [-0.39, 0.29) is 23.9 Å². The fraction of sp³-hybridized carbons (Fsp3) is 0.533. The molecular formula is C15H22ClIN2O2. The maximum atomic E-state index is 12.3. The van der Waals surface area contributed by atoms with Crippen molar-refractivity contribution >= 4 is 40.9 Å². The molecule has 1 aromatic carbocycles. The van der Waals surface area contributed by atoms with Gasteiger partial charge in [-0.05, 0) is 60.5 Å². The number of methoxy groups -OCH3 is 1. The predicted octanol–water partition coefficient (Wildman–Crippen LogP) is 2.52. The number of benzene rings is 1. The highest BCUT2D eigenvalue weighted by atomic mass is 127. The molecule has 1 aliphatic rings. The van der Waals surface area contributed by atoms with E-state index in [9.17, 15) is 4.79 Å². The van der Waals surface area contributed by atoms with Gasteiger partial charge in [0.05, 0.1) is 17.7 Å². The molecule has 2 rings (SSSR count). The lowest BCUT2D eigenvalue weighted by molar-refractivity contribution is 0.0891. The molecule has 118 valence electrons. The first-order chi connectivity index (χ1) is 9.58. The minimum Gasteiger partial charge on any atom is -0.383 e. The van der Waals surface area contributed by atoms with Crippen molar-refractivity contribution in [3.63, 3.8) is 0 Å². The minimum absolute atomic E-state index is 0. The summed E-state index contributed by atoms with van der Waals surface area (Å²) in [6.45, 7) is 4.23. The first-order valence-electron chi connectivity index (χ1n) is 6.85. The number of rotatable bonds is 5. The third-order valence-corrected chi connectivity index (χ3v) is 5.21. The van der Waals surface area contributed by atoms with Crippen LogP contribution in [0.5, 0.6) is 0 Å². The number of hydrogen-bond acceptors (Lipinski definition) is 3. The van der Waals surface area contributed by atoms with Crippen LogP contribution in [-0.2, 0) is 4.74 Å². The number of carbonyl (C=O) groups is 1. The fourth-order valence-electron chi connectivity index (χ4n) is 2.64. The summed E-state index contributed by atoms with van der Waals surface area (Å²) < 4.78 is 6.31. The zero-order valence-electron chi connectivity index (χ0n) is 12.4. The van der Waals surface area contributed by atoms with Crippen LogP contribution < -0.4 is 10.6 Å². The first kappa shape index (κ1) is 18.7. The van der Waals surface area contributed by atoms with Crippen LogP contribution in [-0.4, -0.2) is 38.3 Å². The van der Waals surface area contributed by atoms with Crippen LogP contribution in [0.2, 0.25) is 0 Å². The average Bonchev–Trinajstić information content (AvgIpc) is 2.89. The molecule has 6 heteroatoms. The van der Waals surface area contributed by atoms with Gasteiger partial charge in [-0.25, -0.2) is 0 Å². The quantitative estimate of drug-likeness (QED) is 0.714. The SMILES string of the molecule is COCC1(CNC(=O)c2cccc(C)c2I)CCCN1.Cl. The molecule has 4 nitrogen and oxygen atoms in total. The lowest BCUT2D eigenvalue weighted by Crippen LogP contribution is -2.53. The molecule has 1 unspecified atom stereocenters. The Bertz CT molecular complexity index is 491. The van der Waals surface area contributed by atoms with E-state index in [1.807, 2.05) is 25.1 Å². The third-order valence-electron chi connectivity index (χ3n) is 3.78. The summed E-state index contributed by atoms with van der Waals surface area (Å²) in [4.78, 5) is 12.3. The Kier molecular flexibility index (Phi) is 7.39. The molecule has 1 atom stereocenters. The van der Waals surface area contributed by atoms with Gasteiger partial charge in [-0.2, -0.15) is 0 Å². The Hall–Kier alpha value is -0.370. The van der Waals surface area contributed by atoms with Gasteiger partial charge in [0.25, 0.3) is 5.91 Å². The van der Waals surface area contributed by atoms with E-state index in [4.69, 9.17) is 4.74 Å². The van der Waals surface area contributed by atoms with Crippen molar-refractivity contribution in [2.45, 2.75) is 25.3 Å². The van der Waals surface area contributed by atoms with Gasteiger partial charge < -0.3 is 15.4 Å². The smallest absolute Gasteiger partial charge is 0.252 e. The molecule has 2 N–H and O–H groups in total. The lowest BCUT2D eigenvalue weighted by Gasteiger charge is -2.29. The lowest BCUT2D eigenvalue weighted by atomic mass is 9.98. The van der Waals surface area contributed by atoms with E-state index in [2.05, 4.69) is 33.2 Å². The molecule has 1 heterocycles. The highest BCUT2D eigenvalue weighted by Crippen LogP contribution is 2.20. The van der Waals surface area contributed by atoms with Crippen molar-refractivity contribution in [2.75, 3.05) is 26.8 Å². The highest BCUT2D eigenvalue weighted by Gasteiger charge is 2.33. The van der Waals surface area contributed by atoms with Crippen LogP contribution in [0.15, 0.2) is 18.2 Å². The Labute approximate surface area is 145 Å². The summed E-state index contributed by atoms with van der Waals surface area (Å²) in [5.41, 5.74) is 1.76. The van der Waals surface area contributed by atoms with Crippen molar-refractivity contribution in [1.82, 2.24) is 10.6 Å². The van der Waals surface area contributed by atoms with Gasteiger partial charge in [0.1, 0.15) is 0 Å². The second-order valence-corrected chi connectivity index (χ2v) is 6.44. The number of amides is 1. The number of nitrogens with one attached hydrogen (secondary N) is 2. The maximum absolute atomic E-state index is 12.3. The molecule has 0 radical (unpaired) electrons. The van der Waals surface area contributed by atoms with Crippen molar-refractivity contribution in [3.05, 3.63) is 32.9 Å². The number of aryl methyl sites for hydroxylation is 1. The summed E-state index contributed by atoms with van der Waals surface area (Å²) in [6.07, 6.45) is 2.16. The maximum Gasteiger partial charge on any atom is 0.252 e. The van der Waals surface area contributed by atoms with Crippen LogP contribution in [0.4, 0.5) is 0 Å². The van der Waals surface area contributed by atoms with E-state index < -0.39 is 0 Å². The zero-order chi connectivity index (χ0) is 14.6. The van der Waals surface area contributed by atoms with Gasteiger partial charge in [-0.3, -0.25) is 4.79 Å². The molecule has 0 aliphatic carbocycles. The molecule has 0 spiro atoms. The molecule has 0 saturated carbocycles. The molecular weight excluding hydrogens is 403 g/mol. The van der Waals surface area contributed by atoms with Gasteiger partial charge in [-0.15, -0.1) is 12.4 Å². The standard InChI is InChI=1S/C15H21IN2O2.ClH/c1-11-5-3-6-12(13(11)16)14(19)17-9-15(10-20-2)7-4-8-18-15;/h3,5-6,18H,4,7-10H2,1-2H3,(H,17,19);1H. The average molecular weight is 425 g/mol. The van der Waals surface area contributed by atoms with Gasteiger partial charge in [0.2, 0.25) is 0 Å². The van der Waals surface area contributed by atoms with Crippen molar-refractivity contribution in [3.8, 4) is 0 Å². The van der Waals surface area contributed by atoms with Crippen LogP contribution in [0.25, 0.3) is 0 Å². The van der Waals surface area contributed by atoms with E-state index >= 15 is 0 Å². The zero-order valence-corrected chi connectivity index (χ0v) is 15.3. The van der Waals surface area contributed by atoms with Crippen LogP contribution in [0, 0.1) is 10.5 Å². The van der Waals surface area contributed by atoms with E-state index in [1.54, 1.807) is 7.11 Å². The third kappa shape index (κ3) is 4.55. The van der Waals surface area contributed by atoms with Gasteiger partial charge in [0, 0.05) is 17.2 Å². The Morgan fingerprint density at radius 2 is 2.29 bits per heavy atom. The minimum atomic E-state index is -0.111. The van der Waals surface area contributed by atoms with Gasteiger partial charge >= 0.3 is 0 Å². The van der Waals surface area contributed by atoms with Crippen LogP contribution in [0.1, 0.15) is 28.8 Å². The fourth-order valence-corrected chi connectivity index (χ4v) is 3.24. The molecule has 1 aliphatic heterocycles. The number of hydrogen-bond donors (Lipinski definition) is 2. The van der Waals surface area contributed by atoms with Gasteiger partial charge in [-0.1, -0.05) is 12.1 Å². The molecule has 1 saturated heterocycles. The number of halogens is 2. The first-order valence-corrected chi connectivity index (χ1v) is 7.93. The normalized spacial score (nSPS) is 20.9. The van der Waals surface area contributed by atoms with Crippen LogP contribution in [0.3, 0.4) is 0 Å². The monoisotopic (exact) mass is 424 g/mol. The molecule has 1 aromatic rings.